The van der Waals surface area contributed by atoms with Crippen molar-refractivity contribution in [2.45, 2.75) is 20.0 Å². The number of hydrazone groups is 1. The molecule has 0 N–H and O–H groups in total. The van der Waals surface area contributed by atoms with Crippen molar-refractivity contribution in [1.82, 2.24) is 0 Å². The molecule has 14 heteroatoms. The van der Waals surface area contributed by atoms with E-state index in [1.165, 1.54) is 19.1 Å². The van der Waals surface area contributed by atoms with E-state index in [4.69, 9.17) is 9.47 Å². The maximum Gasteiger partial charge on any atom is 0.422 e. The van der Waals surface area contributed by atoms with Gasteiger partial charge in [-0.2, -0.15) is 23.3 Å². The highest BCUT2D eigenvalue weighted by Crippen LogP contribution is 2.39. The molecule has 1 amide bonds. The van der Waals surface area contributed by atoms with Crippen LogP contribution in [-0.2, 0) is 4.79 Å². The quantitative estimate of drug-likeness (QED) is 0.177. The number of benzene rings is 2. The molecule has 0 radical (unpaired) electrons. The zero-order valence-corrected chi connectivity index (χ0v) is 19.3. The van der Waals surface area contributed by atoms with Crippen molar-refractivity contribution in [2.75, 3.05) is 18.2 Å². The fourth-order valence-electron chi connectivity index (χ4n) is 3.01. The van der Waals surface area contributed by atoms with Crippen molar-refractivity contribution in [3.05, 3.63) is 56.8 Å². The maximum absolute atomic E-state index is 14.2. The Morgan fingerprint density at radius 1 is 1.00 bits per heavy atom. The summed E-state index contributed by atoms with van der Waals surface area (Å²) in [4.78, 5) is 12.8. The Balaban J connectivity index is 2.03. The molecular formula is C21H13BrF8N2O3. The first-order valence-corrected chi connectivity index (χ1v) is 10.3. The van der Waals surface area contributed by atoms with Crippen LogP contribution < -0.4 is 14.5 Å². The minimum absolute atomic E-state index is 0.0243. The van der Waals surface area contributed by atoms with E-state index in [-0.39, 0.29) is 44.4 Å². The van der Waals surface area contributed by atoms with Crippen LogP contribution in [0.15, 0.2) is 27.3 Å². The number of hydrogen-bond donors (Lipinski definition) is 0. The van der Waals surface area contributed by atoms with Crippen molar-refractivity contribution in [1.29, 1.82) is 0 Å². The third kappa shape index (κ3) is 5.26. The summed E-state index contributed by atoms with van der Waals surface area (Å²) in [5, 5.41) is 3.65. The van der Waals surface area contributed by atoms with Gasteiger partial charge in [0.1, 0.15) is 5.69 Å². The summed E-state index contributed by atoms with van der Waals surface area (Å²) in [5.41, 5.74) is -1.81. The van der Waals surface area contributed by atoms with E-state index >= 15 is 0 Å². The van der Waals surface area contributed by atoms with E-state index in [0.717, 1.165) is 6.08 Å². The molecule has 0 saturated heterocycles. The summed E-state index contributed by atoms with van der Waals surface area (Å²) in [6.45, 7) is 1.25. The van der Waals surface area contributed by atoms with Crippen molar-refractivity contribution < 1.29 is 49.4 Å². The van der Waals surface area contributed by atoms with Crippen molar-refractivity contribution >= 4 is 39.3 Å². The van der Waals surface area contributed by atoms with Gasteiger partial charge in [-0.25, -0.2) is 22.0 Å². The minimum Gasteiger partial charge on any atom is -0.490 e. The molecule has 0 aliphatic carbocycles. The van der Waals surface area contributed by atoms with E-state index in [2.05, 4.69) is 21.0 Å². The summed E-state index contributed by atoms with van der Waals surface area (Å²) < 4.78 is 117. The zero-order valence-electron chi connectivity index (χ0n) is 17.7. The third-order valence-corrected chi connectivity index (χ3v) is 5.07. The standard InChI is InChI=1S/C21H13BrF8N2O3/c1-3-34-12-6-9(5-11(22)19(12)35-7-21(28,29)30)4-10-8(2)31-32(20(10)33)18-16(26)14(24)13(23)15(25)17(18)27/h4-6H,3,7H2,1-2H3/b10-4+. The first-order chi connectivity index (χ1) is 16.3. The zero-order chi connectivity index (χ0) is 26.2. The van der Waals surface area contributed by atoms with Gasteiger partial charge in [0.2, 0.25) is 5.82 Å². The summed E-state index contributed by atoms with van der Waals surface area (Å²) in [5.74, 6) is -13.0. The van der Waals surface area contributed by atoms with Crippen LogP contribution in [-0.4, -0.2) is 31.0 Å². The van der Waals surface area contributed by atoms with Crippen LogP contribution >= 0.6 is 15.9 Å². The normalized spacial score (nSPS) is 15.2. The van der Waals surface area contributed by atoms with Gasteiger partial charge in [0, 0.05) is 0 Å². The van der Waals surface area contributed by atoms with Gasteiger partial charge in [-0.05, 0) is 53.5 Å². The number of carbonyl (C=O) groups is 1. The summed E-state index contributed by atoms with van der Waals surface area (Å²) in [6.07, 6.45) is -3.48. The van der Waals surface area contributed by atoms with Crippen molar-refractivity contribution in [3.63, 3.8) is 0 Å². The van der Waals surface area contributed by atoms with Gasteiger partial charge >= 0.3 is 6.18 Å². The van der Waals surface area contributed by atoms with Crippen molar-refractivity contribution in [3.8, 4) is 11.5 Å². The Morgan fingerprint density at radius 3 is 2.11 bits per heavy atom. The van der Waals surface area contributed by atoms with Gasteiger partial charge in [0.25, 0.3) is 5.91 Å². The van der Waals surface area contributed by atoms with Crippen LogP contribution in [0.25, 0.3) is 6.08 Å². The number of rotatable bonds is 6. The molecule has 1 aliphatic heterocycles. The maximum atomic E-state index is 14.2. The van der Waals surface area contributed by atoms with Crippen LogP contribution in [0.4, 0.5) is 40.8 Å². The molecule has 0 bridgehead atoms. The number of anilines is 1. The summed E-state index contributed by atoms with van der Waals surface area (Å²) >= 11 is 3.06. The monoisotopic (exact) mass is 572 g/mol. The average molecular weight is 573 g/mol. The number of ether oxygens (including phenoxy) is 2. The van der Waals surface area contributed by atoms with Crippen LogP contribution in [0.1, 0.15) is 19.4 Å². The number of alkyl halides is 3. The van der Waals surface area contributed by atoms with Crippen LogP contribution in [0.3, 0.4) is 0 Å². The second kappa shape index (κ2) is 9.84. The fraction of sp³-hybridized carbons (Fsp3) is 0.238. The van der Waals surface area contributed by atoms with Gasteiger partial charge in [-0.1, -0.05) is 0 Å². The molecule has 188 valence electrons. The molecule has 2 aromatic carbocycles. The molecule has 0 spiro atoms. The van der Waals surface area contributed by atoms with Gasteiger partial charge in [0.15, 0.2) is 41.4 Å². The first kappa shape index (κ1) is 26.4. The van der Waals surface area contributed by atoms with E-state index in [1.807, 2.05) is 0 Å². The van der Waals surface area contributed by atoms with Gasteiger partial charge in [-0.3, -0.25) is 4.79 Å². The predicted molar refractivity (Wildman–Crippen MR) is 112 cm³/mol. The molecular weight excluding hydrogens is 560 g/mol. The van der Waals surface area contributed by atoms with Gasteiger partial charge in [0.05, 0.1) is 22.4 Å². The van der Waals surface area contributed by atoms with E-state index < -0.39 is 53.5 Å². The van der Waals surface area contributed by atoms with E-state index in [0.29, 0.717) is 0 Å². The predicted octanol–water partition coefficient (Wildman–Crippen LogP) is 6.29. The lowest BCUT2D eigenvalue weighted by molar-refractivity contribution is -0.153. The Bertz CT molecular complexity index is 1230. The average Bonchev–Trinajstić information content (AvgIpc) is 3.03. The molecule has 1 aliphatic rings. The number of halogens is 9. The lowest BCUT2D eigenvalue weighted by atomic mass is 10.1. The number of hydrogen-bond acceptors (Lipinski definition) is 4. The van der Waals surface area contributed by atoms with Crippen LogP contribution in [0.2, 0.25) is 0 Å². The molecule has 0 fully saturated rings. The highest BCUT2D eigenvalue weighted by molar-refractivity contribution is 9.10. The molecule has 0 atom stereocenters. The molecule has 2 aromatic rings. The van der Waals surface area contributed by atoms with Gasteiger partial charge in [-0.15, -0.1) is 0 Å². The van der Waals surface area contributed by atoms with Crippen LogP contribution in [0.5, 0.6) is 11.5 Å². The SMILES string of the molecule is CCOc1cc(/C=C2/C(=O)N(c3c(F)c(F)c(F)c(F)c3F)N=C2C)cc(Br)c1OCC(F)(F)F. The lowest BCUT2D eigenvalue weighted by Gasteiger charge is -2.16. The molecule has 1 heterocycles. The second-order valence-corrected chi connectivity index (χ2v) is 7.80. The highest BCUT2D eigenvalue weighted by atomic mass is 79.9. The fourth-order valence-corrected chi connectivity index (χ4v) is 3.58. The second-order valence-electron chi connectivity index (χ2n) is 6.95. The number of amides is 1. The summed E-state index contributed by atoms with van der Waals surface area (Å²) in [6, 6.07) is 2.50. The third-order valence-electron chi connectivity index (χ3n) is 4.48. The molecule has 0 aromatic heterocycles. The minimum atomic E-state index is -4.62. The molecule has 0 unspecified atom stereocenters. The van der Waals surface area contributed by atoms with E-state index in [9.17, 15) is 39.9 Å². The smallest absolute Gasteiger partial charge is 0.422 e. The van der Waals surface area contributed by atoms with E-state index in [1.54, 1.807) is 6.92 Å². The van der Waals surface area contributed by atoms with Gasteiger partial charge < -0.3 is 9.47 Å². The summed E-state index contributed by atoms with van der Waals surface area (Å²) in [7, 11) is 0. The Morgan fingerprint density at radius 2 is 1.57 bits per heavy atom. The molecule has 35 heavy (non-hydrogen) atoms. The highest BCUT2D eigenvalue weighted by Gasteiger charge is 2.37. The molecule has 5 nitrogen and oxygen atoms in total. The topological polar surface area (TPSA) is 51.1 Å². The molecule has 0 saturated carbocycles. The first-order valence-electron chi connectivity index (χ1n) is 9.55. The Labute approximate surface area is 200 Å². The largest absolute Gasteiger partial charge is 0.490 e. The number of carbonyl (C=O) groups excluding carboxylic acids is 1. The molecule has 3 rings (SSSR count). The van der Waals surface area contributed by atoms with Crippen molar-refractivity contribution in [2.24, 2.45) is 5.10 Å². The number of nitrogens with zero attached hydrogens (tertiary/aromatic N) is 2. The van der Waals surface area contributed by atoms with Crippen LogP contribution in [0, 0.1) is 29.1 Å². The Hall–Kier alpha value is -3.16. The Kier molecular flexibility index (Phi) is 7.43. The lowest BCUT2D eigenvalue weighted by Crippen LogP contribution is -2.25.